The van der Waals surface area contributed by atoms with E-state index in [0.717, 1.165) is 27.6 Å². The van der Waals surface area contributed by atoms with Crippen molar-refractivity contribution < 1.29 is 18.7 Å². The fourth-order valence-corrected chi connectivity index (χ4v) is 4.85. The molecule has 1 heterocycles. The van der Waals surface area contributed by atoms with Crippen molar-refractivity contribution in [3.8, 4) is 11.5 Å². The first-order valence-corrected chi connectivity index (χ1v) is 11.8. The molecule has 0 atom stereocenters. The summed E-state index contributed by atoms with van der Waals surface area (Å²) in [7, 11) is 1.57. The molecule has 4 aromatic rings. The summed E-state index contributed by atoms with van der Waals surface area (Å²) in [6.07, 6.45) is 2.45. The number of ether oxygens (including phenoxy) is 2. The topological polar surface area (TPSA) is 59.9 Å². The quantitative estimate of drug-likeness (QED) is 0.220. The molecule has 5 nitrogen and oxygen atoms in total. The van der Waals surface area contributed by atoms with Gasteiger partial charge in [-0.2, -0.15) is 5.10 Å². The van der Waals surface area contributed by atoms with E-state index < -0.39 is 0 Å². The molecule has 0 saturated heterocycles. The van der Waals surface area contributed by atoms with Crippen molar-refractivity contribution in [3.63, 3.8) is 0 Å². The largest absolute Gasteiger partial charge is 0.496 e. The van der Waals surface area contributed by atoms with Gasteiger partial charge in [-0.15, -0.1) is 11.3 Å². The van der Waals surface area contributed by atoms with Gasteiger partial charge in [-0.1, -0.05) is 30.7 Å². The third kappa shape index (κ3) is 5.38. The maximum absolute atomic E-state index is 13.1. The number of hydrogen-bond acceptors (Lipinski definition) is 5. The van der Waals surface area contributed by atoms with E-state index in [9.17, 15) is 9.18 Å². The second kappa shape index (κ2) is 10.7. The molecule has 0 radical (unpaired) electrons. The van der Waals surface area contributed by atoms with Gasteiger partial charge < -0.3 is 9.47 Å². The first-order valence-electron chi connectivity index (χ1n) is 10.6. The van der Waals surface area contributed by atoms with Crippen LogP contribution >= 0.6 is 22.9 Å². The molecular weight excluding hydrogens is 475 g/mol. The Balaban J connectivity index is 1.45. The van der Waals surface area contributed by atoms with Gasteiger partial charge in [-0.3, -0.25) is 4.79 Å². The first-order chi connectivity index (χ1) is 16.5. The Morgan fingerprint density at radius 3 is 2.68 bits per heavy atom. The lowest BCUT2D eigenvalue weighted by molar-refractivity contribution is 0.0959. The molecule has 0 bridgehead atoms. The summed E-state index contributed by atoms with van der Waals surface area (Å²) in [5, 5.41) is 5.38. The van der Waals surface area contributed by atoms with Crippen LogP contribution in [0.5, 0.6) is 11.5 Å². The molecule has 1 N–H and O–H groups in total. The number of nitrogens with zero attached hydrogens (tertiary/aromatic N) is 1. The third-order valence-corrected chi connectivity index (χ3v) is 6.86. The monoisotopic (exact) mass is 496 g/mol. The summed E-state index contributed by atoms with van der Waals surface area (Å²) in [4.78, 5) is 13.1. The van der Waals surface area contributed by atoms with Crippen LogP contribution in [0.3, 0.4) is 0 Å². The number of hydrogen-bond donors (Lipinski definition) is 1. The van der Waals surface area contributed by atoms with Crippen LogP contribution in [-0.2, 0) is 13.0 Å². The Bertz CT molecular complexity index is 1350. The number of halogens is 2. The van der Waals surface area contributed by atoms with Crippen molar-refractivity contribution in [1.29, 1.82) is 0 Å². The van der Waals surface area contributed by atoms with E-state index in [2.05, 4.69) is 23.5 Å². The maximum Gasteiger partial charge on any atom is 0.283 e. The van der Waals surface area contributed by atoms with E-state index in [1.54, 1.807) is 25.3 Å². The van der Waals surface area contributed by atoms with Gasteiger partial charge in [0.25, 0.3) is 5.91 Å². The smallest absolute Gasteiger partial charge is 0.283 e. The summed E-state index contributed by atoms with van der Waals surface area (Å²) in [5.74, 6) is 0.495. The molecular formula is C26H22ClFN2O3S. The van der Waals surface area contributed by atoms with E-state index >= 15 is 0 Å². The molecule has 0 fully saturated rings. The van der Waals surface area contributed by atoms with Crippen LogP contribution in [0.15, 0.2) is 65.8 Å². The zero-order valence-corrected chi connectivity index (χ0v) is 20.2. The molecule has 0 spiro atoms. The van der Waals surface area contributed by atoms with Crippen LogP contribution in [0.2, 0.25) is 5.02 Å². The van der Waals surface area contributed by atoms with Crippen molar-refractivity contribution in [1.82, 2.24) is 5.43 Å². The minimum absolute atomic E-state index is 0.222. The van der Waals surface area contributed by atoms with Crippen LogP contribution in [0.1, 0.15) is 33.3 Å². The second-order valence-electron chi connectivity index (χ2n) is 7.44. The first kappa shape index (κ1) is 23.7. The number of hydrazone groups is 1. The Morgan fingerprint density at radius 1 is 1.15 bits per heavy atom. The minimum atomic E-state index is -0.367. The molecule has 3 aromatic carbocycles. The molecule has 0 unspecified atom stereocenters. The van der Waals surface area contributed by atoms with E-state index in [4.69, 9.17) is 21.1 Å². The number of aryl methyl sites for hydroxylation is 1. The molecule has 0 aliphatic rings. The van der Waals surface area contributed by atoms with Crippen molar-refractivity contribution in [2.45, 2.75) is 20.0 Å². The van der Waals surface area contributed by atoms with E-state index in [0.29, 0.717) is 21.4 Å². The van der Waals surface area contributed by atoms with Crippen molar-refractivity contribution in [2.75, 3.05) is 7.11 Å². The van der Waals surface area contributed by atoms with Crippen LogP contribution in [0.25, 0.3) is 10.1 Å². The third-order valence-electron chi connectivity index (χ3n) is 5.20. The average molecular weight is 497 g/mol. The normalized spacial score (nSPS) is 11.2. The maximum atomic E-state index is 13.1. The number of nitrogens with one attached hydrogen (secondary N) is 1. The Labute approximate surface area is 205 Å². The van der Waals surface area contributed by atoms with Gasteiger partial charge in [0.15, 0.2) is 0 Å². The van der Waals surface area contributed by atoms with Gasteiger partial charge in [0.05, 0.1) is 18.3 Å². The lowest BCUT2D eigenvalue weighted by Gasteiger charge is -2.11. The number of amides is 1. The highest BCUT2D eigenvalue weighted by molar-refractivity contribution is 7.21. The molecule has 4 rings (SSSR count). The van der Waals surface area contributed by atoms with Crippen LogP contribution in [-0.4, -0.2) is 19.2 Å². The minimum Gasteiger partial charge on any atom is -0.496 e. The predicted octanol–water partition coefficient (Wildman–Crippen LogP) is 6.61. The average Bonchev–Trinajstić information content (AvgIpc) is 3.19. The van der Waals surface area contributed by atoms with Gasteiger partial charge in [-0.05, 0) is 66.1 Å². The highest BCUT2D eigenvalue weighted by Crippen LogP contribution is 2.36. The van der Waals surface area contributed by atoms with Crippen molar-refractivity contribution in [2.24, 2.45) is 5.10 Å². The van der Waals surface area contributed by atoms with Gasteiger partial charge in [0.2, 0.25) is 0 Å². The summed E-state index contributed by atoms with van der Waals surface area (Å²) in [6, 6.07) is 17.3. The fourth-order valence-electron chi connectivity index (χ4n) is 3.38. The highest BCUT2D eigenvalue weighted by Gasteiger charge is 2.17. The number of benzene rings is 3. The van der Waals surface area contributed by atoms with Crippen molar-refractivity contribution >= 4 is 45.1 Å². The fraction of sp³-hybridized carbons (Fsp3) is 0.154. The van der Waals surface area contributed by atoms with E-state index in [1.807, 2.05) is 24.3 Å². The molecule has 1 aromatic heterocycles. The molecule has 174 valence electrons. The van der Waals surface area contributed by atoms with E-state index in [-0.39, 0.29) is 18.3 Å². The lowest BCUT2D eigenvalue weighted by Crippen LogP contribution is -2.16. The van der Waals surface area contributed by atoms with E-state index in [1.165, 1.54) is 35.2 Å². The second-order valence-corrected chi connectivity index (χ2v) is 8.87. The summed E-state index contributed by atoms with van der Waals surface area (Å²) in [5.41, 5.74) is 5.26. The Hall–Kier alpha value is -3.42. The number of carbonyl (C=O) groups is 1. The predicted molar refractivity (Wildman–Crippen MR) is 135 cm³/mol. The molecule has 0 aliphatic carbocycles. The number of rotatable bonds is 8. The van der Waals surface area contributed by atoms with Crippen molar-refractivity contribution in [3.05, 3.63) is 93.1 Å². The van der Waals surface area contributed by atoms with Crippen LogP contribution in [0, 0.1) is 5.82 Å². The highest BCUT2D eigenvalue weighted by atomic mass is 35.5. The van der Waals surface area contributed by atoms with Gasteiger partial charge >= 0.3 is 0 Å². The summed E-state index contributed by atoms with van der Waals surface area (Å²) >= 11 is 7.79. The van der Waals surface area contributed by atoms with Crippen LogP contribution < -0.4 is 14.9 Å². The number of thiophene rings is 1. The SMILES string of the molecule is CCc1ccc2c(Cl)c(C(=O)N/N=C/c3ccc(OC)c(COc4ccc(F)cc4)c3)sc2c1. The number of carbonyl (C=O) groups excluding carboxylic acids is 1. The molecule has 34 heavy (non-hydrogen) atoms. The molecule has 0 saturated carbocycles. The summed E-state index contributed by atoms with van der Waals surface area (Å²) < 4.78 is 25.2. The lowest BCUT2D eigenvalue weighted by atomic mass is 10.1. The Kier molecular flexibility index (Phi) is 7.45. The molecule has 8 heteroatoms. The number of fused-ring (bicyclic) bond motifs is 1. The Morgan fingerprint density at radius 2 is 1.94 bits per heavy atom. The summed E-state index contributed by atoms with van der Waals surface area (Å²) in [6.45, 7) is 2.30. The standard InChI is InChI=1S/C26H22ClFN2O3S/c1-3-16-4-10-21-23(13-16)34-25(24(21)27)26(31)30-29-14-17-5-11-22(32-2)18(12-17)15-33-20-8-6-19(28)7-9-20/h4-14H,3,15H2,1-2H3,(H,30,31)/b29-14+. The zero-order chi connectivity index (χ0) is 24.1. The molecule has 0 aliphatic heterocycles. The zero-order valence-electron chi connectivity index (χ0n) is 18.6. The molecule has 1 amide bonds. The van der Waals surface area contributed by atoms with Gasteiger partial charge in [-0.25, -0.2) is 9.82 Å². The number of methoxy groups -OCH3 is 1. The van der Waals surface area contributed by atoms with Gasteiger partial charge in [0, 0.05) is 15.6 Å². The van der Waals surface area contributed by atoms with Crippen LogP contribution in [0.4, 0.5) is 4.39 Å². The van der Waals surface area contributed by atoms with Gasteiger partial charge in [0.1, 0.15) is 28.8 Å².